The Morgan fingerprint density at radius 3 is 2.35 bits per heavy atom. The summed E-state index contributed by atoms with van der Waals surface area (Å²) in [5.41, 5.74) is 0.986. The zero-order valence-electron chi connectivity index (χ0n) is 12.4. The van der Waals surface area contributed by atoms with Crippen LogP contribution in [0.4, 0.5) is 5.69 Å². The largest absolute Gasteiger partial charge is 0.388 e. The van der Waals surface area contributed by atoms with E-state index in [0.717, 1.165) is 31.4 Å². The molecule has 1 aromatic carbocycles. The predicted molar refractivity (Wildman–Crippen MR) is 81.1 cm³/mol. The van der Waals surface area contributed by atoms with E-state index in [-0.39, 0.29) is 5.91 Å². The molecular formula is C16H24N2O2. The van der Waals surface area contributed by atoms with Gasteiger partial charge in [-0.25, -0.2) is 0 Å². The number of anilines is 1. The van der Waals surface area contributed by atoms with Gasteiger partial charge in [-0.05, 0) is 37.1 Å². The smallest absolute Gasteiger partial charge is 0.251 e. The van der Waals surface area contributed by atoms with Gasteiger partial charge in [0.15, 0.2) is 0 Å². The maximum absolute atomic E-state index is 12.1. The van der Waals surface area contributed by atoms with Crippen LogP contribution in [0.2, 0.25) is 0 Å². The Morgan fingerprint density at radius 2 is 1.80 bits per heavy atom. The zero-order valence-corrected chi connectivity index (χ0v) is 12.4. The summed E-state index contributed by atoms with van der Waals surface area (Å²) in [5.74, 6) is -0.116. The fourth-order valence-electron chi connectivity index (χ4n) is 2.64. The molecule has 0 unspecified atom stereocenters. The third kappa shape index (κ3) is 3.73. The van der Waals surface area contributed by atoms with Gasteiger partial charge in [0, 0.05) is 31.9 Å². The van der Waals surface area contributed by atoms with Crippen LogP contribution in [-0.2, 0) is 0 Å². The second kappa shape index (κ2) is 6.27. The van der Waals surface area contributed by atoms with E-state index in [0.29, 0.717) is 12.1 Å². The van der Waals surface area contributed by atoms with Gasteiger partial charge in [-0.2, -0.15) is 0 Å². The van der Waals surface area contributed by atoms with Crippen LogP contribution in [0.25, 0.3) is 0 Å². The van der Waals surface area contributed by atoms with E-state index in [1.165, 1.54) is 6.42 Å². The Labute approximate surface area is 120 Å². The Kier molecular flexibility index (Phi) is 4.65. The lowest BCUT2D eigenvalue weighted by Crippen LogP contribution is -2.44. The Bertz CT molecular complexity index is 448. The van der Waals surface area contributed by atoms with E-state index in [2.05, 4.69) is 5.32 Å². The van der Waals surface area contributed by atoms with Crippen LogP contribution < -0.4 is 10.2 Å². The maximum Gasteiger partial charge on any atom is 0.251 e. The molecule has 0 aromatic heterocycles. The summed E-state index contributed by atoms with van der Waals surface area (Å²) in [6.45, 7) is 0.348. The van der Waals surface area contributed by atoms with E-state index in [4.69, 9.17) is 0 Å². The first-order valence-corrected chi connectivity index (χ1v) is 7.28. The first-order valence-electron chi connectivity index (χ1n) is 7.28. The number of benzene rings is 1. The fourth-order valence-corrected chi connectivity index (χ4v) is 2.64. The molecule has 0 saturated heterocycles. The van der Waals surface area contributed by atoms with Gasteiger partial charge in [0.25, 0.3) is 5.91 Å². The summed E-state index contributed by atoms with van der Waals surface area (Å²) in [5, 5.41) is 13.2. The van der Waals surface area contributed by atoms with Crippen molar-refractivity contribution in [1.29, 1.82) is 0 Å². The summed E-state index contributed by atoms with van der Waals surface area (Å²) in [6.07, 6.45) is 4.84. The van der Waals surface area contributed by atoms with E-state index in [9.17, 15) is 9.90 Å². The number of nitrogens with zero attached hydrogens (tertiary/aromatic N) is 1. The molecule has 1 saturated carbocycles. The van der Waals surface area contributed by atoms with Crippen LogP contribution in [0, 0.1) is 0 Å². The number of carbonyl (C=O) groups excluding carboxylic acids is 1. The van der Waals surface area contributed by atoms with Crippen LogP contribution in [0.5, 0.6) is 0 Å². The summed E-state index contributed by atoms with van der Waals surface area (Å²) >= 11 is 0. The molecule has 1 aliphatic rings. The number of carbonyl (C=O) groups is 1. The van der Waals surface area contributed by atoms with Crippen molar-refractivity contribution in [2.45, 2.75) is 37.7 Å². The third-order valence-electron chi connectivity index (χ3n) is 4.01. The molecule has 0 heterocycles. The molecule has 2 N–H and O–H groups in total. The molecule has 1 aliphatic carbocycles. The minimum absolute atomic E-state index is 0.116. The van der Waals surface area contributed by atoms with Gasteiger partial charge < -0.3 is 15.3 Å². The molecule has 4 heteroatoms. The number of amides is 1. The fraction of sp³-hybridized carbons (Fsp3) is 0.562. The lowest BCUT2D eigenvalue weighted by molar-refractivity contribution is 0.00526. The van der Waals surface area contributed by atoms with Crippen molar-refractivity contribution in [2.24, 2.45) is 0 Å². The number of hydrogen-bond donors (Lipinski definition) is 2. The molecule has 4 nitrogen and oxygen atoms in total. The summed E-state index contributed by atoms with van der Waals surface area (Å²) in [6, 6.07) is 7.47. The van der Waals surface area contributed by atoms with E-state index < -0.39 is 5.60 Å². The maximum atomic E-state index is 12.1. The minimum Gasteiger partial charge on any atom is -0.388 e. The molecule has 0 aliphatic heterocycles. The van der Waals surface area contributed by atoms with Crippen LogP contribution in [0.15, 0.2) is 24.3 Å². The van der Waals surface area contributed by atoms with Crippen LogP contribution in [0.1, 0.15) is 42.5 Å². The van der Waals surface area contributed by atoms with Crippen LogP contribution in [-0.4, -0.2) is 37.3 Å². The van der Waals surface area contributed by atoms with Crippen molar-refractivity contribution in [3.63, 3.8) is 0 Å². The number of hydrogen-bond acceptors (Lipinski definition) is 3. The Hall–Kier alpha value is -1.55. The van der Waals surface area contributed by atoms with Crippen molar-refractivity contribution < 1.29 is 9.90 Å². The molecule has 0 spiro atoms. The topological polar surface area (TPSA) is 52.6 Å². The van der Waals surface area contributed by atoms with Gasteiger partial charge in [0.1, 0.15) is 0 Å². The average molecular weight is 276 g/mol. The Morgan fingerprint density at radius 1 is 1.20 bits per heavy atom. The molecule has 2 rings (SSSR count). The quantitative estimate of drug-likeness (QED) is 0.886. The highest BCUT2D eigenvalue weighted by Gasteiger charge is 2.29. The average Bonchev–Trinajstić information content (AvgIpc) is 2.46. The van der Waals surface area contributed by atoms with E-state index in [1.54, 1.807) is 0 Å². The number of aliphatic hydroxyl groups is 1. The molecule has 0 atom stereocenters. The highest BCUT2D eigenvalue weighted by atomic mass is 16.3. The second-order valence-corrected chi connectivity index (χ2v) is 5.91. The molecule has 1 fully saturated rings. The van der Waals surface area contributed by atoms with Gasteiger partial charge in [0.05, 0.1) is 5.60 Å². The van der Waals surface area contributed by atoms with Crippen molar-refractivity contribution >= 4 is 11.6 Å². The number of nitrogens with one attached hydrogen (secondary N) is 1. The SMILES string of the molecule is CN(C)c1ccc(C(=O)NCC2(O)CCCCC2)cc1. The van der Waals surface area contributed by atoms with E-state index in [1.807, 2.05) is 43.3 Å². The van der Waals surface area contributed by atoms with Gasteiger partial charge in [-0.15, -0.1) is 0 Å². The molecular weight excluding hydrogens is 252 g/mol. The van der Waals surface area contributed by atoms with Crippen molar-refractivity contribution in [3.8, 4) is 0 Å². The predicted octanol–water partition coefficient (Wildman–Crippen LogP) is 2.18. The zero-order chi connectivity index (χ0) is 14.6. The summed E-state index contributed by atoms with van der Waals surface area (Å²) < 4.78 is 0. The van der Waals surface area contributed by atoms with E-state index >= 15 is 0 Å². The first kappa shape index (κ1) is 14.9. The van der Waals surface area contributed by atoms with Gasteiger partial charge in [-0.1, -0.05) is 19.3 Å². The Balaban J connectivity index is 1.91. The van der Waals surface area contributed by atoms with Gasteiger partial charge in [0.2, 0.25) is 0 Å². The van der Waals surface area contributed by atoms with Crippen molar-refractivity contribution in [3.05, 3.63) is 29.8 Å². The number of rotatable bonds is 4. The summed E-state index contributed by atoms with van der Waals surface area (Å²) in [4.78, 5) is 14.1. The van der Waals surface area contributed by atoms with Gasteiger partial charge >= 0.3 is 0 Å². The normalized spacial score (nSPS) is 17.6. The molecule has 0 radical (unpaired) electrons. The van der Waals surface area contributed by atoms with Crippen LogP contribution in [0.3, 0.4) is 0 Å². The van der Waals surface area contributed by atoms with Gasteiger partial charge in [-0.3, -0.25) is 4.79 Å². The molecule has 1 aromatic rings. The second-order valence-electron chi connectivity index (χ2n) is 5.91. The van der Waals surface area contributed by atoms with Crippen LogP contribution >= 0.6 is 0 Å². The summed E-state index contributed by atoms with van der Waals surface area (Å²) in [7, 11) is 3.93. The molecule has 0 bridgehead atoms. The lowest BCUT2D eigenvalue weighted by atomic mass is 9.85. The van der Waals surface area contributed by atoms with Crippen molar-refractivity contribution in [1.82, 2.24) is 5.32 Å². The minimum atomic E-state index is -0.711. The first-order chi connectivity index (χ1) is 9.50. The standard InChI is InChI=1S/C16H24N2O2/c1-18(2)14-8-6-13(7-9-14)15(19)17-12-16(20)10-4-3-5-11-16/h6-9,20H,3-5,10-12H2,1-2H3,(H,17,19). The lowest BCUT2D eigenvalue weighted by Gasteiger charge is -2.32. The molecule has 110 valence electrons. The van der Waals surface area contributed by atoms with Crippen molar-refractivity contribution in [2.75, 3.05) is 25.5 Å². The molecule has 20 heavy (non-hydrogen) atoms. The third-order valence-corrected chi connectivity index (χ3v) is 4.01. The molecule has 1 amide bonds. The monoisotopic (exact) mass is 276 g/mol. The highest BCUT2D eigenvalue weighted by molar-refractivity contribution is 5.94. The highest BCUT2D eigenvalue weighted by Crippen LogP contribution is 2.27.